The molecule has 0 spiro atoms. The summed E-state index contributed by atoms with van der Waals surface area (Å²) in [4.78, 5) is 68.4. The third kappa shape index (κ3) is 13.4. The van der Waals surface area contributed by atoms with Gasteiger partial charge in [-0.25, -0.2) is 19.6 Å². The molecule has 14 heteroatoms. The van der Waals surface area contributed by atoms with Gasteiger partial charge in [0.25, 0.3) is 0 Å². The van der Waals surface area contributed by atoms with Gasteiger partial charge in [0, 0.05) is 24.2 Å². The standard InChI is InChI=1S/C42H50N8O6.C4H10.C3H8/c1-7-13-49(39(51)21-45-41(53)55-5)23-37-43-19-35(47-37)29-11-9-27(31-15-25(3)17-33(29)31)28-10-12-30(34-18-26(4)16-32(28)34)36-20-44-38(48-36)24-50(14-8-2)40(52)22-46-42(54)56-6;1-4(2)3;1-3-2/h9-12,15,18-20H,7-8,13-14,16-17,21-24H2,1-6H3,(H,43,47)(H,44,48)(H,45,53)(H,46,54);4H,1-3H3;3H2,1-2H3. The van der Waals surface area contributed by atoms with E-state index in [-0.39, 0.29) is 31.4 Å². The van der Waals surface area contributed by atoms with Crippen LogP contribution in [0.1, 0.15) is 115 Å². The molecular formula is C49H68N8O6. The molecule has 6 rings (SSSR count). The van der Waals surface area contributed by atoms with Gasteiger partial charge in [0.05, 0.1) is 51.1 Å². The van der Waals surface area contributed by atoms with Gasteiger partial charge in [0.1, 0.15) is 24.7 Å². The molecule has 0 saturated heterocycles. The number of methoxy groups -OCH3 is 2. The van der Waals surface area contributed by atoms with E-state index >= 15 is 0 Å². The normalized spacial score (nSPS) is 12.1. The molecule has 2 heterocycles. The summed E-state index contributed by atoms with van der Waals surface area (Å²) in [6.45, 7) is 20.4. The number of aromatic amines is 2. The predicted octanol–water partition coefficient (Wildman–Crippen LogP) is 9.32. The summed E-state index contributed by atoms with van der Waals surface area (Å²) in [7, 11) is 2.53. The number of hydrogen-bond donors (Lipinski definition) is 4. The van der Waals surface area contributed by atoms with Crippen molar-refractivity contribution in [1.29, 1.82) is 0 Å². The third-order valence-corrected chi connectivity index (χ3v) is 10.0. The largest absolute Gasteiger partial charge is 0.453 e. The molecule has 0 aliphatic heterocycles. The molecule has 0 atom stereocenters. The zero-order valence-electron chi connectivity index (χ0n) is 39.2. The summed E-state index contributed by atoms with van der Waals surface area (Å²) in [5.41, 5.74) is 13.6. The third-order valence-electron chi connectivity index (χ3n) is 10.0. The number of fused-ring (bicyclic) bond motifs is 2. The maximum Gasteiger partial charge on any atom is 0.407 e. The molecule has 2 aliphatic rings. The van der Waals surface area contributed by atoms with Gasteiger partial charge < -0.3 is 39.9 Å². The van der Waals surface area contributed by atoms with Gasteiger partial charge >= 0.3 is 12.2 Å². The lowest BCUT2D eigenvalue weighted by molar-refractivity contribution is -0.131. The van der Waals surface area contributed by atoms with Crippen molar-refractivity contribution in [2.75, 3.05) is 40.4 Å². The fraction of sp³-hybridized carbons (Fsp3) is 0.469. The highest BCUT2D eigenvalue weighted by atomic mass is 16.5. The van der Waals surface area contributed by atoms with Crippen LogP contribution in [0.3, 0.4) is 0 Å². The van der Waals surface area contributed by atoms with Crippen LogP contribution in [0, 0.1) is 5.92 Å². The van der Waals surface area contributed by atoms with Crippen molar-refractivity contribution >= 4 is 36.2 Å². The second-order valence-corrected chi connectivity index (χ2v) is 16.7. The Morgan fingerprint density at radius 3 is 1.48 bits per heavy atom. The molecule has 63 heavy (non-hydrogen) atoms. The fourth-order valence-corrected chi connectivity index (χ4v) is 7.48. The highest BCUT2D eigenvalue weighted by molar-refractivity contribution is 5.92. The Morgan fingerprint density at radius 2 is 1.03 bits per heavy atom. The topological polar surface area (TPSA) is 175 Å². The van der Waals surface area contributed by atoms with Crippen LogP contribution in [-0.4, -0.2) is 94.1 Å². The minimum atomic E-state index is -0.649. The van der Waals surface area contributed by atoms with Gasteiger partial charge in [-0.2, -0.15) is 0 Å². The molecule has 0 unspecified atom stereocenters. The van der Waals surface area contributed by atoms with Gasteiger partial charge in [-0.15, -0.1) is 0 Å². The first-order valence-electron chi connectivity index (χ1n) is 22.1. The zero-order chi connectivity index (χ0) is 46.2. The number of amides is 4. The average molecular weight is 865 g/mol. The number of aromatic nitrogens is 4. The van der Waals surface area contributed by atoms with E-state index in [2.05, 4.69) is 125 Å². The number of nitrogens with zero attached hydrogens (tertiary/aromatic N) is 4. The van der Waals surface area contributed by atoms with Crippen molar-refractivity contribution in [2.24, 2.45) is 5.92 Å². The predicted molar refractivity (Wildman–Crippen MR) is 250 cm³/mol. The van der Waals surface area contributed by atoms with Crippen molar-refractivity contribution in [3.63, 3.8) is 0 Å². The summed E-state index contributed by atoms with van der Waals surface area (Å²) in [6.07, 6.45) is 11.3. The average Bonchev–Trinajstić information content (AvgIpc) is 4.07. The SMILES string of the molecule is CC(C)C.CCC.CCCN(Cc1ncc(-c2ccc(-c3ccc(-c4cnc(CN(CCC)C(=O)CNC(=O)OC)[nH]4)c4c3C=C(C)C4)c3c2C=C(C)C3)[nH]1)C(=O)CNC(=O)OC. The minimum absolute atomic E-state index is 0.151. The molecule has 0 radical (unpaired) electrons. The van der Waals surface area contributed by atoms with Gasteiger partial charge in [-0.05, 0) is 78.8 Å². The molecule has 4 aromatic rings. The maximum atomic E-state index is 12.9. The number of hydrogen-bond acceptors (Lipinski definition) is 8. The Kier molecular flexibility index (Phi) is 18.8. The van der Waals surface area contributed by atoms with Crippen LogP contribution in [0.2, 0.25) is 0 Å². The molecule has 2 aromatic heterocycles. The van der Waals surface area contributed by atoms with Crippen LogP contribution in [0.4, 0.5) is 9.59 Å². The number of allylic oxidation sites excluding steroid dienone is 2. The first kappa shape index (κ1) is 49.5. The molecule has 14 nitrogen and oxygen atoms in total. The van der Waals surface area contributed by atoms with Crippen molar-refractivity contribution in [3.05, 3.63) is 81.7 Å². The van der Waals surface area contributed by atoms with Crippen LogP contribution < -0.4 is 10.6 Å². The first-order valence-corrected chi connectivity index (χ1v) is 22.1. The van der Waals surface area contributed by atoms with Crippen molar-refractivity contribution in [1.82, 2.24) is 40.4 Å². The van der Waals surface area contributed by atoms with E-state index in [1.165, 1.54) is 59.6 Å². The lowest BCUT2D eigenvalue weighted by Crippen LogP contribution is -2.40. The molecule has 0 fully saturated rings. The number of nitrogens with one attached hydrogen (secondary N) is 4. The Labute approximate surface area is 373 Å². The molecule has 340 valence electrons. The fourth-order valence-electron chi connectivity index (χ4n) is 7.48. The van der Waals surface area contributed by atoms with Crippen LogP contribution in [-0.2, 0) is 45.0 Å². The second-order valence-electron chi connectivity index (χ2n) is 16.7. The summed E-state index contributed by atoms with van der Waals surface area (Å²) < 4.78 is 9.21. The van der Waals surface area contributed by atoms with Gasteiger partial charge in [-0.3, -0.25) is 9.59 Å². The Bertz CT molecular complexity index is 2270. The second kappa shape index (κ2) is 23.9. The van der Waals surface area contributed by atoms with E-state index in [4.69, 9.17) is 0 Å². The number of imidazole rings is 2. The number of alkyl carbamates (subject to hydrolysis) is 2. The van der Waals surface area contributed by atoms with E-state index in [1.54, 1.807) is 9.80 Å². The summed E-state index contributed by atoms with van der Waals surface area (Å²) in [6, 6.07) is 8.70. The lowest BCUT2D eigenvalue weighted by Gasteiger charge is -2.21. The Hall–Kier alpha value is -6.18. The Morgan fingerprint density at radius 1 is 0.651 bits per heavy atom. The van der Waals surface area contributed by atoms with Crippen LogP contribution in [0.5, 0.6) is 0 Å². The van der Waals surface area contributed by atoms with Gasteiger partial charge in [0.2, 0.25) is 11.8 Å². The van der Waals surface area contributed by atoms with Crippen molar-refractivity contribution in [2.45, 2.75) is 108 Å². The van der Waals surface area contributed by atoms with Crippen molar-refractivity contribution < 1.29 is 28.7 Å². The highest BCUT2D eigenvalue weighted by Gasteiger charge is 2.26. The van der Waals surface area contributed by atoms with E-state index in [0.29, 0.717) is 31.3 Å². The Balaban J connectivity index is 0.00000116. The van der Waals surface area contributed by atoms with Crippen LogP contribution >= 0.6 is 0 Å². The minimum Gasteiger partial charge on any atom is -0.453 e. The van der Waals surface area contributed by atoms with E-state index in [9.17, 15) is 19.2 Å². The summed E-state index contributed by atoms with van der Waals surface area (Å²) in [5.74, 6) is 1.73. The first-order chi connectivity index (χ1) is 30.2. The molecule has 4 N–H and O–H groups in total. The number of H-pyrrole nitrogens is 2. The van der Waals surface area contributed by atoms with Gasteiger partial charge in [-0.1, -0.05) is 102 Å². The molecular weight excluding hydrogens is 797 g/mol. The number of rotatable bonds is 15. The smallest absolute Gasteiger partial charge is 0.407 e. The number of benzene rings is 2. The lowest BCUT2D eigenvalue weighted by atomic mass is 9.87. The summed E-state index contributed by atoms with van der Waals surface area (Å²) >= 11 is 0. The number of carbonyl (C=O) groups is 4. The number of ether oxygens (including phenoxy) is 2. The van der Waals surface area contributed by atoms with E-state index in [0.717, 1.165) is 59.7 Å². The maximum absolute atomic E-state index is 12.9. The van der Waals surface area contributed by atoms with Crippen LogP contribution in [0.15, 0.2) is 47.8 Å². The zero-order valence-corrected chi connectivity index (χ0v) is 39.2. The quantitative estimate of drug-likeness (QED) is 0.0915. The highest BCUT2D eigenvalue weighted by Crippen LogP contribution is 2.44. The monoisotopic (exact) mass is 865 g/mol. The molecule has 4 amide bonds. The van der Waals surface area contributed by atoms with Crippen LogP contribution in [0.25, 0.3) is 45.8 Å². The number of carbonyl (C=O) groups excluding carboxylic acids is 4. The van der Waals surface area contributed by atoms with Gasteiger partial charge in [0.15, 0.2) is 0 Å². The molecule has 0 saturated carbocycles. The molecule has 2 aliphatic carbocycles. The molecule has 2 aromatic carbocycles. The van der Waals surface area contributed by atoms with E-state index < -0.39 is 12.2 Å². The van der Waals surface area contributed by atoms with E-state index in [1.807, 2.05) is 26.2 Å². The molecule has 0 bridgehead atoms. The van der Waals surface area contributed by atoms with Crippen molar-refractivity contribution in [3.8, 4) is 33.6 Å². The summed E-state index contributed by atoms with van der Waals surface area (Å²) in [5, 5.41) is 4.94.